The first-order valence-electron chi connectivity index (χ1n) is 5.80. The summed E-state index contributed by atoms with van der Waals surface area (Å²) >= 11 is 0. The van der Waals surface area contributed by atoms with Gasteiger partial charge in [0.1, 0.15) is 0 Å². The number of rotatable bonds is 4. The van der Waals surface area contributed by atoms with Crippen LogP contribution < -0.4 is 4.90 Å². The molecule has 19 heavy (non-hydrogen) atoms. The molecule has 2 rings (SSSR count). The summed E-state index contributed by atoms with van der Waals surface area (Å²) in [5.74, 6) is -1.14. The van der Waals surface area contributed by atoms with Gasteiger partial charge in [-0.3, -0.25) is 10.1 Å². The lowest BCUT2D eigenvalue weighted by molar-refractivity contribution is -0.384. The Bertz CT molecular complexity index is 519. The number of nitrogens with zero attached hydrogens (tertiary/aromatic N) is 3. The number of hydrogen-bond donors (Lipinski definition) is 2. The molecule has 1 aromatic rings. The number of pyridine rings is 1. The number of aromatic carboxylic acids is 1. The van der Waals surface area contributed by atoms with Gasteiger partial charge in [-0.25, -0.2) is 9.78 Å². The molecule has 2 N–H and O–H groups in total. The molecule has 0 spiro atoms. The molecule has 1 saturated heterocycles. The third-order valence-electron chi connectivity index (χ3n) is 3.15. The van der Waals surface area contributed by atoms with Crippen LogP contribution in [0.2, 0.25) is 0 Å². The first-order valence-corrected chi connectivity index (χ1v) is 5.80. The zero-order valence-corrected chi connectivity index (χ0v) is 10.0. The molecule has 1 aliphatic heterocycles. The topological polar surface area (TPSA) is 117 Å². The minimum atomic E-state index is -1.26. The summed E-state index contributed by atoms with van der Waals surface area (Å²) in [6.45, 7) is 0.449. The van der Waals surface area contributed by atoms with Crippen molar-refractivity contribution < 1.29 is 19.9 Å². The number of anilines is 1. The average Bonchev–Trinajstić information content (AvgIpc) is 2.85. The van der Waals surface area contributed by atoms with Crippen molar-refractivity contribution in [2.24, 2.45) is 0 Å². The van der Waals surface area contributed by atoms with E-state index in [1.165, 1.54) is 0 Å². The second kappa shape index (κ2) is 5.19. The molecule has 8 heteroatoms. The summed E-state index contributed by atoms with van der Waals surface area (Å²) in [4.78, 5) is 26.7. The maximum Gasteiger partial charge on any atom is 0.337 e. The number of nitro groups is 1. The highest BCUT2D eigenvalue weighted by atomic mass is 16.6. The van der Waals surface area contributed by atoms with Crippen molar-refractivity contribution >= 4 is 17.5 Å². The summed E-state index contributed by atoms with van der Waals surface area (Å²) in [6.07, 6.45) is 2.64. The van der Waals surface area contributed by atoms with Crippen LogP contribution in [-0.2, 0) is 0 Å². The molecule has 102 valence electrons. The van der Waals surface area contributed by atoms with Crippen molar-refractivity contribution in [1.82, 2.24) is 4.98 Å². The number of aromatic nitrogens is 1. The SMILES string of the molecule is O=C(O)c1cnc(N2CCCC2CO)c([N+](=O)[O-])c1. The van der Waals surface area contributed by atoms with Gasteiger partial charge < -0.3 is 15.1 Å². The van der Waals surface area contributed by atoms with E-state index in [9.17, 15) is 20.0 Å². The summed E-state index contributed by atoms with van der Waals surface area (Å²) in [6, 6.07) is 0.791. The number of aliphatic hydroxyl groups is 1. The van der Waals surface area contributed by atoms with E-state index < -0.39 is 10.9 Å². The summed E-state index contributed by atoms with van der Waals surface area (Å²) in [5.41, 5.74) is -0.574. The fraction of sp³-hybridized carbons (Fsp3) is 0.455. The fourth-order valence-electron chi connectivity index (χ4n) is 2.22. The Morgan fingerprint density at radius 2 is 2.37 bits per heavy atom. The lowest BCUT2D eigenvalue weighted by Gasteiger charge is -2.23. The molecule has 1 aromatic heterocycles. The third kappa shape index (κ3) is 2.48. The molecule has 0 aromatic carbocycles. The van der Waals surface area contributed by atoms with Gasteiger partial charge in [0.15, 0.2) is 0 Å². The zero-order chi connectivity index (χ0) is 14.0. The molecule has 0 amide bonds. The molecular weight excluding hydrogens is 254 g/mol. The van der Waals surface area contributed by atoms with E-state index in [1.54, 1.807) is 4.90 Å². The van der Waals surface area contributed by atoms with Gasteiger partial charge in [0.25, 0.3) is 0 Å². The van der Waals surface area contributed by atoms with Gasteiger partial charge in [-0.1, -0.05) is 0 Å². The van der Waals surface area contributed by atoms with Crippen molar-refractivity contribution in [3.63, 3.8) is 0 Å². The number of hydrogen-bond acceptors (Lipinski definition) is 6. The van der Waals surface area contributed by atoms with Crippen LogP contribution in [0.25, 0.3) is 0 Å². The van der Waals surface area contributed by atoms with Crippen LogP contribution in [-0.4, -0.2) is 45.3 Å². The molecule has 8 nitrogen and oxygen atoms in total. The number of carboxylic acids is 1. The predicted octanol–water partition coefficient (Wildman–Crippen LogP) is 0.649. The molecular formula is C11H13N3O5. The van der Waals surface area contributed by atoms with Gasteiger partial charge >= 0.3 is 11.7 Å². The molecule has 2 heterocycles. The predicted molar refractivity (Wildman–Crippen MR) is 65.3 cm³/mol. The van der Waals surface area contributed by atoms with Crippen LogP contribution in [0.5, 0.6) is 0 Å². The number of carboxylic acid groups (broad SMARTS) is 1. The van der Waals surface area contributed by atoms with E-state index in [0.29, 0.717) is 6.54 Å². The lowest BCUT2D eigenvalue weighted by atomic mass is 10.2. The monoisotopic (exact) mass is 267 g/mol. The van der Waals surface area contributed by atoms with Crippen molar-refractivity contribution in [2.45, 2.75) is 18.9 Å². The van der Waals surface area contributed by atoms with E-state index >= 15 is 0 Å². The van der Waals surface area contributed by atoms with E-state index in [-0.39, 0.29) is 29.7 Å². The van der Waals surface area contributed by atoms with Crippen LogP contribution >= 0.6 is 0 Å². The maximum absolute atomic E-state index is 11.0. The number of aliphatic hydroxyl groups excluding tert-OH is 1. The summed E-state index contributed by atoms with van der Waals surface area (Å²) in [7, 11) is 0. The van der Waals surface area contributed by atoms with E-state index in [2.05, 4.69) is 4.98 Å². The lowest BCUT2D eigenvalue weighted by Crippen LogP contribution is -2.33. The Morgan fingerprint density at radius 3 is 2.95 bits per heavy atom. The Morgan fingerprint density at radius 1 is 1.63 bits per heavy atom. The highest BCUT2D eigenvalue weighted by Gasteiger charge is 2.31. The first kappa shape index (κ1) is 13.2. The molecule has 1 unspecified atom stereocenters. The summed E-state index contributed by atoms with van der Waals surface area (Å²) in [5, 5.41) is 29.1. The van der Waals surface area contributed by atoms with Crippen molar-refractivity contribution in [3.8, 4) is 0 Å². The van der Waals surface area contributed by atoms with Gasteiger partial charge in [-0.05, 0) is 12.8 Å². The number of carbonyl (C=O) groups is 1. The van der Waals surface area contributed by atoms with Gasteiger partial charge in [0.2, 0.25) is 5.82 Å². The second-order valence-electron chi connectivity index (χ2n) is 4.30. The molecule has 1 aliphatic rings. The van der Waals surface area contributed by atoms with Crippen molar-refractivity contribution in [2.75, 3.05) is 18.1 Å². The van der Waals surface area contributed by atoms with Gasteiger partial charge in [0.05, 0.1) is 23.1 Å². The molecule has 1 atom stereocenters. The Kier molecular flexibility index (Phi) is 3.61. The summed E-state index contributed by atoms with van der Waals surface area (Å²) < 4.78 is 0. The molecule has 0 aliphatic carbocycles. The van der Waals surface area contributed by atoms with Crippen LogP contribution in [0.1, 0.15) is 23.2 Å². The molecule has 0 bridgehead atoms. The highest BCUT2D eigenvalue weighted by molar-refractivity contribution is 5.88. The minimum absolute atomic E-state index is 0.112. The van der Waals surface area contributed by atoms with Gasteiger partial charge in [0, 0.05) is 18.8 Å². The van der Waals surface area contributed by atoms with Crippen LogP contribution in [0, 0.1) is 10.1 Å². The first-order chi connectivity index (χ1) is 9.04. The minimum Gasteiger partial charge on any atom is -0.478 e. The largest absolute Gasteiger partial charge is 0.478 e. The van der Waals surface area contributed by atoms with Crippen LogP contribution in [0.3, 0.4) is 0 Å². The van der Waals surface area contributed by atoms with Crippen molar-refractivity contribution in [1.29, 1.82) is 0 Å². The van der Waals surface area contributed by atoms with Crippen LogP contribution in [0.15, 0.2) is 12.3 Å². The third-order valence-corrected chi connectivity index (χ3v) is 3.15. The van der Waals surface area contributed by atoms with E-state index in [1.807, 2.05) is 0 Å². The second-order valence-corrected chi connectivity index (χ2v) is 4.30. The van der Waals surface area contributed by atoms with Gasteiger partial charge in [-0.15, -0.1) is 0 Å². The Hall–Kier alpha value is -2.22. The standard InChI is InChI=1S/C11H13N3O5/c15-6-8-2-1-3-13(8)10-9(14(18)19)4-7(5-12-10)11(16)17/h4-5,8,15H,1-3,6H2,(H,16,17). The van der Waals surface area contributed by atoms with Crippen molar-refractivity contribution in [3.05, 3.63) is 27.9 Å². The normalized spacial score (nSPS) is 18.6. The van der Waals surface area contributed by atoms with Crippen LogP contribution in [0.4, 0.5) is 11.5 Å². The maximum atomic E-state index is 11.0. The van der Waals surface area contributed by atoms with Gasteiger partial charge in [-0.2, -0.15) is 0 Å². The molecule has 1 fully saturated rings. The zero-order valence-electron chi connectivity index (χ0n) is 10.0. The molecule has 0 saturated carbocycles. The van der Waals surface area contributed by atoms with E-state index in [4.69, 9.17) is 5.11 Å². The van der Waals surface area contributed by atoms with E-state index in [0.717, 1.165) is 25.1 Å². The highest BCUT2D eigenvalue weighted by Crippen LogP contribution is 2.31. The average molecular weight is 267 g/mol. The quantitative estimate of drug-likeness (QED) is 0.607. The molecule has 0 radical (unpaired) electrons. The Labute approximate surface area is 108 Å². The Balaban J connectivity index is 2.45. The smallest absolute Gasteiger partial charge is 0.337 e. The fourth-order valence-corrected chi connectivity index (χ4v) is 2.22.